The van der Waals surface area contributed by atoms with E-state index in [4.69, 9.17) is 16.3 Å². The lowest BCUT2D eigenvalue weighted by molar-refractivity contribution is -0.147. The van der Waals surface area contributed by atoms with Crippen molar-refractivity contribution in [3.8, 4) is 0 Å². The second-order valence-corrected chi connectivity index (χ2v) is 6.91. The van der Waals surface area contributed by atoms with E-state index in [1.807, 2.05) is 0 Å². The highest BCUT2D eigenvalue weighted by molar-refractivity contribution is 6.31. The number of methoxy groups -OCH3 is 1. The van der Waals surface area contributed by atoms with E-state index in [9.17, 15) is 26.7 Å². The lowest BCUT2D eigenvalue weighted by atomic mass is 10.1. The van der Waals surface area contributed by atoms with Crippen molar-refractivity contribution in [3.63, 3.8) is 0 Å². The van der Waals surface area contributed by atoms with Gasteiger partial charge in [0, 0.05) is 18.6 Å². The molecule has 1 saturated carbocycles. The van der Waals surface area contributed by atoms with Crippen LogP contribution in [0.4, 0.5) is 22.0 Å². The van der Waals surface area contributed by atoms with Gasteiger partial charge in [-0.25, -0.2) is 13.2 Å². The number of carbonyl (C=O) groups is 1. The van der Waals surface area contributed by atoms with Crippen LogP contribution in [0.25, 0.3) is 0 Å². The van der Waals surface area contributed by atoms with Crippen LogP contribution in [-0.2, 0) is 27.5 Å². The van der Waals surface area contributed by atoms with Crippen LogP contribution in [0.3, 0.4) is 0 Å². The third-order valence-electron chi connectivity index (χ3n) is 4.56. The molecule has 0 spiro atoms. The summed E-state index contributed by atoms with van der Waals surface area (Å²) < 4.78 is 76.4. The molecule has 0 saturated heterocycles. The Morgan fingerprint density at radius 1 is 1.12 bits per heavy atom. The van der Waals surface area contributed by atoms with Gasteiger partial charge in [0.05, 0.1) is 23.1 Å². The molecular weight excluding hydrogens is 383 g/mol. The molecule has 0 unspecified atom stereocenters. The molecule has 2 atom stereocenters. The summed E-state index contributed by atoms with van der Waals surface area (Å²) >= 11 is 5.71. The smallest absolute Gasteiger partial charge is 0.310 e. The molecule has 0 heterocycles. The molecule has 1 aliphatic rings. The molecule has 0 aliphatic heterocycles. The van der Waals surface area contributed by atoms with Crippen molar-refractivity contribution >= 4 is 17.6 Å². The molecule has 144 valence electrons. The average Bonchev–Trinajstić information content (AvgIpc) is 3.09. The second kappa shape index (κ2) is 7.52. The van der Waals surface area contributed by atoms with Gasteiger partial charge in [-0.15, -0.1) is 0 Å². The maximum absolute atomic E-state index is 14.1. The van der Waals surface area contributed by atoms with Crippen LogP contribution in [0.5, 0.6) is 0 Å². The third kappa shape index (κ3) is 3.71. The number of hydrogen-bond acceptors (Lipinski definition) is 3. The van der Waals surface area contributed by atoms with E-state index in [-0.39, 0.29) is 0 Å². The Balaban J connectivity index is 2.18. The van der Waals surface area contributed by atoms with E-state index < -0.39 is 76.1 Å². The first kappa shape index (κ1) is 20.6. The predicted octanol–water partition coefficient (Wildman–Crippen LogP) is 5.00. The zero-order chi connectivity index (χ0) is 19.8. The highest BCUT2D eigenvalue weighted by Crippen LogP contribution is 2.60. The summed E-state index contributed by atoms with van der Waals surface area (Å²) in [5, 5.41) is -0.731. The number of esters is 1. The average molecular weight is 399 g/mol. The SMILES string of the molecule is COCc1c(F)c(F)c(COC(=O)[C@@H]2[C@@H](C=C(F)F)C2(C)C)c(Cl)c1F. The largest absolute Gasteiger partial charge is 0.460 e. The molecular formula is C17H16ClF5O3. The molecule has 3 nitrogen and oxygen atoms in total. The number of allylic oxidation sites excluding steroid dienone is 1. The lowest BCUT2D eigenvalue weighted by Crippen LogP contribution is -2.13. The van der Waals surface area contributed by atoms with Crippen molar-refractivity contribution in [3.05, 3.63) is 45.8 Å². The zero-order valence-electron chi connectivity index (χ0n) is 14.1. The molecule has 1 aromatic rings. The van der Waals surface area contributed by atoms with Gasteiger partial charge in [0.1, 0.15) is 6.61 Å². The van der Waals surface area contributed by atoms with Crippen LogP contribution in [0.1, 0.15) is 25.0 Å². The molecule has 0 amide bonds. The molecule has 0 aromatic heterocycles. The molecule has 2 rings (SSSR count). The minimum Gasteiger partial charge on any atom is -0.460 e. The van der Waals surface area contributed by atoms with Gasteiger partial charge in [-0.1, -0.05) is 25.4 Å². The Labute approximate surface area is 151 Å². The summed E-state index contributed by atoms with van der Waals surface area (Å²) in [7, 11) is 1.17. The lowest BCUT2D eigenvalue weighted by Gasteiger charge is -2.13. The summed E-state index contributed by atoms with van der Waals surface area (Å²) in [4.78, 5) is 12.1. The van der Waals surface area contributed by atoms with Crippen molar-refractivity contribution in [2.24, 2.45) is 17.3 Å². The number of hydrogen-bond donors (Lipinski definition) is 0. The predicted molar refractivity (Wildman–Crippen MR) is 82.9 cm³/mol. The van der Waals surface area contributed by atoms with Crippen LogP contribution < -0.4 is 0 Å². The fourth-order valence-electron chi connectivity index (χ4n) is 2.93. The molecule has 1 aromatic carbocycles. The fourth-order valence-corrected chi connectivity index (χ4v) is 3.18. The van der Waals surface area contributed by atoms with E-state index >= 15 is 0 Å². The summed E-state index contributed by atoms with van der Waals surface area (Å²) in [5.74, 6) is -6.66. The molecule has 0 radical (unpaired) electrons. The summed E-state index contributed by atoms with van der Waals surface area (Å²) in [6.07, 6.45) is -1.27. The van der Waals surface area contributed by atoms with Crippen molar-refractivity contribution in [1.82, 2.24) is 0 Å². The number of carbonyl (C=O) groups excluding carboxylic acids is 1. The van der Waals surface area contributed by atoms with Crippen LogP contribution in [0.15, 0.2) is 12.2 Å². The van der Waals surface area contributed by atoms with Crippen LogP contribution >= 0.6 is 11.6 Å². The van der Waals surface area contributed by atoms with E-state index in [1.165, 1.54) is 7.11 Å². The highest BCUT2D eigenvalue weighted by Gasteiger charge is 2.62. The van der Waals surface area contributed by atoms with Crippen molar-refractivity contribution in [1.29, 1.82) is 0 Å². The van der Waals surface area contributed by atoms with Gasteiger partial charge in [-0.2, -0.15) is 8.78 Å². The standard InChI is InChI=1S/C17H16ClF5O3/c1-17(2)9(4-10(19)20)11(17)16(24)26-6-7-12(18)13(21)8(5-25-3)15(23)14(7)22/h4,9,11H,5-6H2,1-3H3/t9-,11+/m1/s1. The summed E-state index contributed by atoms with van der Waals surface area (Å²) in [6.45, 7) is 1.82. The van der Waals surface area contributed by atoms with Gasteiger partial charge in [-0.3, -0.25) is 4.79 Å². The summed E-state index contributed by atoms with van der Waals surface area (Å²) in [5.41, 5.74) is -2.11. The molecule has 1 fully saturated rings. The first-order valence-corrected chi connectivity index (χ1v) is 7.93. The van der Waals surface area contributed by atoms with E-state index in [1.54, 1.807) is 13.8 Å². The number of benzene rings is 1. The Hall–Kier alpha value is -1.67. The maximum atomic E-state index is 14.1. The molecule has 9 heteroatoms. The molecule has 26 heavy (non-hydrogen) atoms. The Morgan fingerprint density at radius 2 is 1.69 bits per heavy atom. The molecule has 1 aliphatic carbocycles. The number of ether oxygens (including phenoxy) is 2. The van der Waals surface area contributed by atoms with Crippen LogP contribution in [-0.4, -0.2) is 13.1 Å². The third-order valence-corrected chi connectivity index (χ3v) is 4.96. The topological polar surface area (TPSA) is 35.5 Å². The normalized spacial score (nSPS) is 20.7. The number of halogens is 6. The first-order valence-electron chi connectivity index (χ1n) is 7.56. The Morgan fingerprint density at radius 3 is 2.23 bits per heavy atom. The van der Waals surface area contributed by atoms with E-state index in [0.717, 1.165) is 0 Å². The van der Waals surface area contributed by atoms with Gasteiger partial charge in [-0.05, 0) is 11.5 Å². The zero-order valence-corrected chi connectivity index (χ0v) is 14.9. The van der Waals surface area contributed by atoms with Crippen molar-refractivity contribution in [2.45, 2.75) is 27.1 Å². The summed E-state index contributed by atoms with van der Waals surface area (Å²) in [6, 6.07) is 0. The van der Waals surface area contributed by atoms with Gasteiger partial charge in [0.2, 0.25) is 0 Å². The molecule has 0 bridgehead atoms. The van der Waals surface area contributed by atoms with E-state index in [0.29, 0.717) is 6.08 Å². The first-order chi connectivity index (χ1) is 12.0. The van der Waals surface area contributed by atoms with Crippen LogP contribution in [0, 0.1) is 34.7 Å². The second-order valence-electron chi connectivity index (χ2n) is 6.53. The fraction of sp³-hybridized carbons (Fsp3) is 0.471. The minimum atomic E-state index is -1.93. The minimum absolute atomic E-state index is 0.534. The van der Waals surface area contributed by atoms with Crippen LogP contribution in [0.2, 0.25) is 5.02 Å². The monoisotopic (exact) mass is 398 g/mol. The van der Waals surface area contributed by atoms with Gasteiger partial charge in [0.15, 0.2) is 17.5 Å². The van der Waals surface area contributed by atoms with Gasteiger partial charge in [0.25, 0.3) is 6.08 Å². The Kier molecular flexibility index (Phi) is 5.97. The van der Waals surface area contributed by atoms with Crippen molar-refractivity contribution in [2.75, 3.05) is 7.11 Å². The van der Waals surface area contributed by atoms with Gasteiger partial charge >= 0.3 is 5.97 Å². The van der Waals surface area contributed by atoms with Gasteiger partial charge < -0.3 is 9.47 Å². The maximum Gasteiger partial charge on any atom is 0.310 e. The molecule has 0 N–H and O–H groups in total. The van der Waals surface area contributed by atoms with Crippen molar-refractivity contribution < 1.29 is 36.2 Å². The number of rotatable bonds is 6. The quantitative estimate of drug-likeness (QED) is 0.384. The highest BCUT2D eigenvalue weighted by atomic mass is 35.5. The Bertz CT molecular complexity index is 730. The van der Waals surface area contributed by atoms with E-state index in [2.05, 4.69) is 4.74 Å².